The van der Waals surface area contributed by atoms with Crippen molar-refractivity contribution in [1.29, 1.82) is 0 Å². The molecule has 1 aromatic rings. The summed E-state index contributed by atoms with van der Waals surface area (Å²) in [5, 5.41) is 11.2. The van der Waals surface area contributed by atoms with Gasteiger partial charge in [-0.25, -0.2) is 13.6 Å². The summed E-state index contributed by atoms with van der Waals surface area (Å²) in [7, 11) is 0. The van der Waals surface area contributed by atoms with Crippen molar-refractivity contribution in [1.82, 2.24) is 9.80 Å². The molecule has 0 saturated carbocycles. The fourth-order valence-corrected chi connectivity index (χ4v) is 2.08. The Morgan fingerprint density at radius 2 is 1.81 bits per heavy atom. The van der Waals surface area contributed by atoms with Crippen molar-refractivity contribution in [2.75, 3.05) is 38.0 Å². The highest BCUT2D eigenvalue weighted by molar-refractivity contribution is 5.89. The lowest BCUT2D eigenvalue weighted by molar-refractivity contribution is -0.138. The number of carboxylic acids is 1. The Morgan fingerprint density at radius 1 is 1.14 bits per heavy atom. The van der Waals surface area contributed by atoms with E-state index in [1.807, 2.05) is 0 Å². The van der Waals surface area contributed by atoms with Crippen molar-refractivity contribution < 1.29 is 23.5 Å². The van der Waals surface area contributed by atoms with Crippen LogP contribution in [0.25, 0.3) is 0 Å². The zero-order chi connectivity index (χ0) is 15.4. The molecule has 1 heterocycles. The summed E-state index contributed by atoms with van der Waals surface area (Å²) in [6, 6.07) is 2.71. The van der Waals surface area contributed by atoms with Gasteiger partial charge in [-0.1, -0.05) is 0 Å². The molecule has 0 spiro atoms. The van der Waals surface area contributed by atoms with Gasteiger partial charge in [-0.2, -0.15) is 0 Å². The zero-order valence-electron chi connectivity index (χ0n) is 11.2. The van der Waals surface area contributed by atoms with Crippen LogP contribution in [0, 0.1) is 11.6 Å². The van der Waals surface area contributed by atoms with E-state index in [2.05, 4.69) is 5.32 Å². The van der Waals surface area contributed by atoms with Crippen LogP contribution >= 0.6 is 0 Å². The molecule has 0 aliphatic carbocycles. The number of hydrogen-bond donors (Lipinski definition) is 2. The third-order valence-electron chi connectivity index (χ3n) is 3.19. The van der Waals surface area contributed by atoms with E-state index in [1.165, 1.54) is 11.0 Å². The first-order chi connectivity index (χ1) is 9.95. The molecule has 8 heteroatoms. The van der Waals surface area contributed by atoms with E-state index in [-0.39, 0.29) is 12.2 Å². The van der Waals surface area contributed by atoms with E-state index in [4.69, 9.17) is 5.11 Å². The average molecular weight is 299 g/mol. The molecule has 114 valence electrons. The fraction of sp³-hybridized carbons (Fsp3) is 0.385. The van der Waals surface area contributed by atoms with Gasteiger partial charge in [0.05, 0.1) is 6.54 Å². The summed E-state index contributed by atoms with van der Waals surface area (Å²) < 4.78 is 25.8. The van der Waals surface area contributed by atoms with Gasteiger partial charge in [-0.15, -0.1) is 0 Å². The number of anilines is 1. The van der Waals surface area contributed by atoms with Crippen LogP contribution in [0.1, 0.15) is 0 Å². The van der Waals surface area contributed by atoms with Crippen LogP contribution in [0.2, 0.25) is 0 Å². The van der Waals surface area contributed by atoms with E-state index < -0.39 is 23.6 Å². The summed E-state index contributed by atoms with van der Waals surface area (Å²) in [5.74, 6) is -2.91. The number of carbonyl (C=O) groups excluding carboxylic acids is 1. The van der Waals surface area contributed by atoms with E-state index in [9.17, 15) is 18.4 Å². The summed E-state index contributed by atoms with van der Waals surface area (Å²) in [6.07, 6.45) is 0. The minimum Gasteiger partial charge on any atom is -0.480 e. The van der Waals surface area contributed by atoms with Gasteiger partial charge >= 0.3 is 12.0 Å². The smallest absolute Gasteiger partial charge is 0.321 e. The molecule has 2 rings (SSSR count). The van der Waals surface area contributed by atoms with E-state index in [0.717, 1.165) is 12.1 Å². The molecule has 1 fully saturated rings. The zero-order valence-corrected chi connectivity index (χ0v) is 11.2. The number of halogens is 2. The Labute approximate surface area is 119 Å². The predicted octanol–water partition coefficient (Wildman–Crippen LogP) is 1.20. The molecule has 0 aromatic heterocycles. The first-order valence-electron chi connectivity index (χ1n) is 6.41. The lowest BCUT2D eigenvalue weighted by atomic mass is 10.3. The molecule has 1 aromatic carbocycles. The predicted molar refractivity (Wildman–Crippen MR) is 71.0 cm³/mol. The SMILES string of the molecule is O=C(O)CN1CCN(C(=O)Nc2ccc(F)c(F)c2)CC1. The lowest BCUT2D eigenvalue weighted by Crippen LogP contribution is -2.51. The molecule has 6 nitrogen and oxygen atoms in total. The Bertz CT molecular complexity index is 545. The molecular weight excluding hydrogens is 284 g/mol. The van der Waals surface area contributed by atoms with Gasteiger partial charge in [-0.3, -0.25) is 9.69 Å². The number of nitrogens with one attached hydrogen (secondary N) is 1. The third-order valence-corrected chi connectivity index (χ3v) is 3.19. The Morgan fingerprint density at radius 3 is 2.38 bits per heavy atom. The summed E-state index contributed by atoms with van der Waals surface area (Å²) in [4.78, 5) is 25.8. The largest absolute Gasteiger partial charge is 0.480 e. The van der Waals surface area contributed by atoms with Crippen LogP contribution in [0.5, 0.6) is 0 Å². The van der Waals surface area contributed by atoms with Crippen LogP contribution in [0.15, 0.2) is 18.2 Å². The van der Waals surface area contributed by atoms with E-state index in [0.29, 0.717) is 26.2 Å². The molecule has 0 unspecified atom stereocenters. The molecule has 1 saturated heterocycles. The van der Waals surface area contributed by atoms with Crippen LogP contribution < -0.4 is 5.32 Å². The lowest BCUT2D eigenvalue weighted by Gasteiger charge is -2.33. The number of urea groups is 1. The van der Waals surface area contributed by atoms with Gasteiger partial charge in [0.2, 0.25) is 0 Å². The van der Waals surface area contributed by atoms with Crippen molar-refractivity contribution in [2.24, 2.45) is 0 Å². The maximum atomic E-state index is 13.0. The van der Waals surface area contributed by atoms with E-state index >= 15 is 0 Å². The first-order valence-corrected chi connectivity index (χ1v) is 6.41. The molecule has 2 amide bonds. The van der Waals surface area contributed by atoms with Gasteiger partial charge in [-0.05, 0) is 12.1 Å². The highest BCUT2D eigenvalue weighted by Crippen LogP contribution is 2.14. The van der Waals surface area contributed by atoms with Gasteiger partial charge < -0.3 is 15.3 Å². The first kappa shape index (κ1) is 15.2. The molecule has 2 N–H and O–H groups in total. The molecule has 0 atom stereocenters. The second-order valence-corrected chi connectivity index (χ2v) is 4.72. The second-order valence-electron chi connectivity index (χ2n) is 4.72. The number of piperazine rings is 1. The van der Waals surface area contributed by atoms with Crippen molar-refractivity contribution in [3.05, 3.63) is 29.8 Å². The normalized spacial score (nSPS) is 15.8. The summed E-state index contributed by atoms with van der Waals surface area (Å²) >= 11 is 0. The summed E-state index contributed by atoms with van der Waals surface area (Å²) in [5.41, 5.74) is 0.173. The molecule has 1 aliphatic rings. The number of aliphatic carboxylic acids is 1. The van der Waals surface area contributed by atoms with Gasteiger partial charge in [0.15, 0.2) is 11.6 Å². The van der Waals surface area contributed by atoms with Crippen LogP contribution in [-0.4, -0.2) is 59.6 Å². The van der Waals surface area contributed by atoms with Gasteiger partial charge in [0.1, 0.15) is 0 Å². The Hall–Kier alpha value is -2.22. The van der Waals surface area contributed by atoms with Crippen molar-refractivity contribution in [3.63, 3.8) is 0 Å². The minimum absolute atomic E-state index is 0.0569. The topological polar surface area (TPSA) is 72.9 Å². The van der Waals surface area contributed by atoms with Crippen molar-refractivity contribution in [2.45, 2.75) is 0 Å². The molecule has 21 heavy (non-hydrogen) atoms. The fourth-order valence-electron chi connectivity index (χ4n) is 2.08. The Kier molecular flexibility index (Phi) is 4.69. The van der Waals surface area contributed by atoms with Crippen LogP contribution in [0.3, 0.4) is 0 Å². The van der Waals surface area contributed by atoms with Crippen molar-refractivity contribution in [3.8, 4) is 0 Å². The quantitative estimate of drug-likeness (QED) is 0.879. The van der Waals surface area contributed by atoms with E-state index in [1.54, 1.807) is 4.90 Å². The number of hydrogen-bond acceptors (Lipinski definition) is 3. The standard InChI is InChI=1S/C13H15F2N3O3/c14-10-2-1-9(7-11(10)15)16-13(21)18-5-3-17(4-6-18)8-12(19)20/h1-2,7H,3-6,8H2,(H,16,21)(H,19,20). The number of carboxylic acid groups (broad SMARTS) is 1. The van der Waals surface area contributed by atoms with Gasteiger partial charge in [0.25, 0.3) is 0 Å². The number of nitrogens with zero attached hydrogens (tertiary/aromatic N) is 2. The van der Waals surface area contributed by atoms with Crippen LogP contribution in [-0.2, 0) is 4.79 Å². The second kappa shape index (κ2) is 6.49. The number of rotatable bonds is 3. The number of amides is 2. The average Bonchev–Trinajstić information content (AvgIpc) is 2.43. The molecule has 1 aliphatic heterocycles. The number of benzene rings is 1. The minimum atomic E-state index is -1.03. The van der Waals surface area contributed by atoms with Gasteiger partial charge in [0, 0.05) is 37.9 Å². The maximum absolute atomic E-state index is 13.0. The third kappa shape index (κ3) is 4.12. The number of carbonyl (C=O) groups is 2. The highest BCUT2D eigenvalue weighted by atomic mass is 19.2. The summed E-state index contributed by atoms with van der Waals surface area (Å²) in [6.45, 7) is 1.61. The molecular formula is C13H15F2N3O3. The monoisotopic (exact) mass is 299 g/mol. The highest BCUT2D eigenvalue weighted by Gasteiger charge is 2.22. The Balaban J connectivity index is 1.87. The maximum Gasteiger partial charge on any atom is 0.321 e. The molecule has 0 radical (unpaired) electrons. The van der Waals surface area contributed by atoms with Crippen LogP contribution in [0.4, 0.5) is 19.3 Å². The molecule has 0 bridgehead atoms. The van der Waals surface area contributed by atoms with Crippen molar-refractivity contribution >= 4 is 17.7 Å².